The number of carbonyl (C=O) groups excluding carboxylic acids is 1. The zero-order valence-corrected chi connectivity index (χ0v) is 6.66. The molecule has 0 spiro atoms. The van der Waals surface area contributed by atoms with Crippen molar-refractivity contribution in [3.05, 3.63) is 0 Å². The second-order valence-corrected chi connectivity index (χ2v) is 3.13. The molecule has 0 atom stereocenters. The molecule has 1 heterocycles. The van der Waals surface area contributed by atoms with E-state index in [0.717, 1.165) is 32.2 Å². The Morgan fingerprint density at radius 1 is 1.50 bits per heavy atom. The van der Waals surface area contributed by atoms with Gasteiger partial charge in [-0.05, 0) is 25.9 Å². The van der Waals surface area contributed by atoms with E-state index in [1.54, 1.807) is 0 Å². The second kappa shape index (κ2) is 3.35. The lowest BCUT2D eigenvalue weighted by molar-refractivity contribution is -0.116. The van der Waals surface area contributed by atoms with Gasteiger partial charge in [0.15, 0.2) is 0 Å². The highest BCUT2D eigenvalue weighted by Crippen LogP contribution is 2.26. The molecule has 0 radical (unpaired) electrons. The Hall–Kier alpha value is -0.0800. The Morgan fingerprint density at radius 3 is 2.40 bits per heavy atom. The molecule has 1 aliphatic rings. The highest BCUT2D eigenvalue weighted by molar-refractivity contribution is 6.19. The number of rotatable bonds is 2. The maximum Gasteiger partial charge on any atom is 0.127 e. The summed E-state index contributed by atoms with van der Waals surface area (Å²) in [4.78, 5) is 10.6. The van der Waals surface area contributed by atoms with Crippen LogP contribution in [0.15, 0.2) is 0 Å². The van der Waals surface area contributed by atoms with Crippen LogP contribution >= 0.6 is 11.6 Å². The van der Waals surface area contributed by atoms with Gasteiger partial charge in [0.25, 0.3) is 0 Å². The fourth-order valence-electron chi connectivity index (χ4n) is 1.21. The monoisotopic (exact) mass is 161 g/mol. The summed E-state index contributed by atoms with van der Waals surface area (Å²) < 4.78 is 0. The van der Waals surface area contributed by atoms with E-state index in [2.05, 4.69) is 5.32 Å². The number of hydrogen-bond acceptors (Lipinski definition) is 2. The van der Waals surface area contributed by atoms with Crippen LogP contribution in [0.4, 0.5) is 0 Å². The van der Waals surface area contributed by atoms with Crippen molar-refractivity contribution in [3.8, 4) is 0 Å². The van der Waals surface area contributed by atoms with Gasteiger partial charge >= 0.3 is 0 Å². The first-order chi connectivity index (χ1) is 4.83. The van der Waals surface area contributed by atoms with Crippen LogP contribution in [0.5, 0.6) is 0 Å². The molecule has 1 aliphatic heterocycles. The molecular weight excluding hydrogens is 150 g/mol. The first-order valence-corrected chi connectivity index (χ1v) is 4.09. The van der Waals surface area contributed by atoms with Gasteiger partial charge in [0.1, 0.15) is 6.29 Å². The minimum absolute atomic E-state index is 0.215. The van der Waals surface area contributed by atoms with Gasteiger partial charge in [-0.1, -0.05) is 0 Å². The van der Waals surface area contributed by atoms with Crippen molar-refractivity contribution < 1.29 is 4.79 Å². The van der Waals surface area contributed by atoms with E-state index in [9.17, 15) is 4.79 Å². The number of nitrogens with one attached hydrogen (secondary N) is 1. The number of hydrogen-bond donors (Lipinski definition) is 1. The molecule has 0 aromatic rings. The van der Waals surface area contributed by atoms with E-state index < -0.39 is 0 Å². The summed E-state index contributed by atoms with van der Waals surface area (Å²) >= 11 is 5.68. The van der Waals surface area contributed by atoms with E-state index in [-0.39, 0.29) is 5.41 Å². The molecule has 0 aromatic carbocycles. The van der Waals surface area contributed by atoms with Gasteiger partial charge in [-0.2, -0.15) is 0 Å². The van der Waals surface area contributed by atoms with Crippen LogP contribution in [0.25, 0.3) is 0 Å². The molecule has 1 fully saturated rings. The predicted molar refractivity (Wildman–Crippen MR) is 41.3 cm³/mol. The van der Waals surface area contributed by atoms with Crippen molar-refractivity contribution >= 4 is 17.9 Å². The average molecular weight is 162 g/mol. The SMILES string of the molecule is O=CC1(CCl)CCNCC1. The van der Waals surface area contributed by atoms with Crippen LogP contribution in [-0.4, -0.2) is 25.3 Å². The van der Waals surface area contributed by atoms with Gasteiger partial charge < -0.3 is 10.1 Å². The molecule has 1 N–H and O–H groups in total. The van der Waals surface area contributed by atoms with Crippen molar-refractivity contribution in [2.45, 2.75) is 12.8 Å². The van der Waals surface area contributed by atoms with Gasteiger partial charge in [-0.3, -0.25) is 0 Å². The van der Waals surface area contributed by atoms with Gasteiger partial charge in [0.05, 0.1) is 0 Å². The summed E-state index contributed by atoms with van der Waals surface area (Å²) in [7, 11) is 0. The van der Waals surface area contributed by atoms with Crippen molar-refractivity contribution in [1.29, 1.82) is 0 Å². The third-order valence-electron chi connectivity index (χ3n) is 2.12. The molecule has 0 aromatic heterocycles. The van der Waals surface area contributed by atoms with Gasteiger partial charge in [-0.25, -0.2) is 0 Å². The fraction of sp³-hybridized carbons (Fsp3) is 0.857. The van der Waals surface area contributed by atoms with E-state index >= 15 is 0 Å². The Bertz CT molecular complexity index is 121. The summed E-state index contributed by atoms with van der Waals surface area (Å²) in [5, 5.41) is 3.19. The number of halogens is 1. The van der Waals surface area contributed by atoms with Crippen LogP contribution in [0.1, 0.15) is 12.8 Å². The molecule has 58 valence electrons. The van der Waals surface area contributed by atoms with E-state index in [0.29, 0.717) is 5.88 Å². The first kappa shape index (κ1) is 8.02. The van der Waals surface area contributed by atoms with Crippen LogP contribution < -0.4 is 5.32 Å². The van der Waals surface area contributed by atoms with Crippen LogP contribution in [-0.2, 0) is 4.79 Å². The van der Waals surface area contributed by atoms with E-state index in [1.807, 2.05) is 0 Å². The molecule has 1 rings (SSSR count). The Labute approximate surface area is 65.9 Å². The van der Waals surface area contributed by atoms with Crippen molar-refractivity contribution in [2.24, 2.45) is 5.41 Å². The standard InChI is InChI=1S/C7H12ClNO/c8-5-7(6-10)1-3-9-4-2-7/h6,9H,1-5H2. The zero-order valence-electron chi connectivity index (χ0n) is 5.90. The molecule has 0 aliphatic carbocycles. The zero-order chi connectivity index (χ0) is 7.45. The Kier molecular flexibility index (Phi) is 2.69. The van der Waals surface area contributed by atoms with Crippen molar-refractivity contribution in [2.75, 3.05) is 19.0 Å². The maximum atomic E-state index is 10.6. The molecule has 2 nitrogen and oxygen atoms in total. The predicted octanol–water partition coefficient (Wildman–Crippen LogP) is 0.794. The minimum atomic E-state index is -0.215. The first-order valence-electron chi connectivity index (χ1n) is 3.56. The topological polar surface area (TPSA) is 29.1 Å². The normalized spacial score (nSPS) is 24.1. The lowest BCUT2D eigenvalue weighted by Gasteiger charge is -2.29. The smallest absolute Gasteiger partial charge is 0.127 e. The molecule has 1 saturated heterocycles. The van der Waals surface area contributed by atoms with Crippen LogP contribution in [0.3, 0.4) is 0 Å². The number of aldehydes is 1. The summed E-state index contributed by atoms with van der Waals surface area (Å²) in [5.41, 5.74) is -0.215. The Morgan fingerprint density at radius 2 is 2.10 bits per heavy atom. The molecule has 0 saturated carbocycles. The molecule has 3 heteroatoms. The molecule has 0 bridgehead atoms. The van der Waals surface area contributed by atoms with Crippen LogP contribution in [0, 0.1) is 5.41 Å². The summed E-state index contributed by atoms with van der Waals surface area (Å²) in [6.45, 7) is 1.84. The Balaban J connectivity index is 2.52. The minimum Gasteiger partial charge on any atom is -0.317 e. The van der Waals surface area contributed by atoms with Gasteiger partial charge in [-0.15, -0.1) is 11.6 Å². The molecular formula is C7H12ClNO. The third kappa shape index (κ3) is 1.50. The highest BCUT2D eigenvalue weighted by atomic mass is 35.5. The molecule has 10 heavy (non-hydrogen) atoms. The summed E-state index contributed by atoms with van der Waals surface area (Å²) in [6, 6.07) is 0. The van der Waals surface area contributed by atoms with E-state index in [1.165, 1.54) is 0 Å². The largest absolute Gasteiger partial charge is 0.317 e. The maximum absolute atomic E-state index is 10.6. The molecule has 0 unspecified atom stereocenters. The van der Waals surface area contributed by atoms with Crippen molar-refractivity contribution in [3.63, 3.8) is 0 Å². The third-order valence-corrected chi connectivity index (χ3v) is 2.65. The number of carbonyl (C=O) groups is 1. The quantitative estimate of drug-likeness (QED) is 0.480. The second-order valence-electron chi connectivity index (χ2n) is 2.86. The summed E-state index contributed by atoms with van der Waals surface area (Å²) in [6.07, 6.45) is 2.79. The van der Waals surface area contributed by atoms with E-state index in [4.69, 9.17) is 11.6 Å². The number of piperidine rings is 1. The van der Waals surface area contributed by atoms with Gasteiger partial charge in [0, 0.05) is 11.3 Å². The van der Waals surface area contributed by atoms with Crippen molar-refractivity contribution in [1.82, 2.24) is 5.32 Å². The van der Waals surface area contributed by atoms with Crippen LogP contribution in [0.2, 0.25) is 0 Å². The van der Waals surface area contributed by atoms with Gasteiger partial charge in [0.2, 0.25) is 0 Å². The molecule has 0 amide bonds. The average Bonchev–Trinajstić information content (AvgIpc) is 2.06. The highest BCUT2D eigenvalue weighted by Gasteiger charge is 2.30. The fourth-order valence-corrected chi connectivity index (χ4v) is 1.54. The lowest BCUT2D eigenvalue weighted by Crippen LogP contribution is -2.38. The summed E-state index contributed by atoms with van der Waals surface area (Å²) in [5.74, 6) is 0.470. The lowest BCUT2D eigenvalue weighted by atomic mass is 9.82. The number of alkyl halides is 1.